The molecule has 0 aliphatic rings. The van der Waals surface area contributed by atoms with Crippen molar-refractivity contribution in [1.82, 2.24) is 0 Å². The summed E-state index contributed by atoms with van der Waals surface area (Å²) in [6.45, 7) is 0. The van der Waals surface area contributed by atoms with Crippen molar-refractivity contribution >= 4 is 12.6 Å². The van der Waals surface area contributed by atoms with Crippen LogP contribution in [-0.2, 0) is 22.4 Å². The first kappa shape index (κ1) is 12.2. The number of rotatable bonds is 6. The summed E-state index contributed by atoms with van der Waals surface area (Å²) in [4.78, 5) is 21.0. The van der Waals surface area contributed by atoms with Crippen molar-refractivity contribution in [1.29, 1.82) is 0 Å². The van der Waals surface area contributed by atoms with Gasteiger partial charge in [-0.3, -0.25) is 0 Å². The fourth-order valence-electron chi connectivity index (χ4n) is 1.52. The van der Waals surface area contributed by atoms with E-state index < -0.39 is 0 Å². The van der Waals surface area contributed by atoms with Gasteiger partial charge in [0.25, 0.3) is 0 Å². The quantitative estimate of drug-likeness (QED) is 0.678. The predicted octanol–water partition coefficient (Wildman–Crippen LogP) is 1.19. The minimum atomic E-state index is 0.265. The fraction of sp³-hybridized carbons (Fsp3) is 0.333. The lowest BCUT2D eigenvalue weighted by atomic mass is 10.0. The van der Waals surface area contributed by atoms with Crippen LogP contribution in [0.5, 0.6) is 11.5 Å². The summed E-state index contributed by atoms with van der Waals surface area (Å²) in [6.07, 6.45) is 2.13. The third-order valence-corrected chi connectivity index (χ3v) is 2.29. The minimum Gasteiger partial charge on any atom is -0.496 e. The highest BCUT2D eigenvalue weighted by Gasteiger charge is 2.10. The van der Waals surface area contributed by atoms with Gasteiger partial charge in [-0.2, -0.15) is 0 Å². The van der Waals surface area contributed by atoms with E-state index in [0.29, 0.717) is 11.5 Å². The molecule has 0 fully saturated rings. The number of methoxy groups -OCH3 is 2. The number of aldehydes is 2. The average Bonchev–Trinajstić information content (AvgIpc) is 2.31. The van der Waals surface area contributed by atoms with Crippen LogP contribution in [0.25, 0.3) is 0 Å². The Bertz CT molecular complexity index is 347. The molecule has 0 bridgehead atoms. The van der Waals surface area contributed by atoms with Crippen LogP contribution in [-0.4, -0.2) is 26.8 Å². The molecule has 0 spiro atoms. The number of carbonyl (C=O) groups excluding carboxylic acids is 2. The summed E-state index contributed by atoms with van der Waals surface area (Å²) in [5.41, 5.74) is 1.51. The zero-order chi connectivity index (χ0) is 12.0. The van der Waals surface area contributed by atoms with Crippen LogP contribution in [0.2, 0.25) is 0 Å². The Kier molecular flexibility index (Phi) is 4.51. The lowest BCUT2D eigenvalue weighted by molar-refractivity contribution is -0.108. The largest absolute Gasteiger partial charge is 0.496 e. The summed E-state index contributed by atoms with van der Waals surface area (Å²) in [7, 11) is 3.06. The van der Waals surface area contributed by atoms with Gasteiger partial charge in [0.05, 0.1) is 14.2 Å². The number of hydrogen-bond acceptors (Lipinski definition) is 4. The van der Waals surface area contributed by atoms with E-state index in [4.69, 9.17) is 9.47 Å². The molecule has 0 aliphatic heterocycles. The summed E-state index contributed by atoms with van der Waals surface area (Å²) in [6, 6.07) is 3.46. The zero-order valence-electron chi connectivity index (χ0n) is 9.36. The fourth-order valence-corrected chi connectivity index (χ4v) is 1.52. The molecule has 0 amide bonds. The second kappa shape index (κ2) is 5.90. The van der Waals surface area contributed by atoms with Gasteiger partial charge in [0, 0.05) is 24.0 Å². The van der Waals surface area contributed by atoms with Gasteiger partial charge < -0.3 is 19.1 Å². The molecule has 0 aliphatic carbocycles. The molecule has 1 rings (SSSR count). The highest BCUT2D eigenvalue weighted by molar-refractivity contribution is 5.63. The van der Waals surface area contributed by atoms with E-state index in [-0.39, 0.29) is 12.8 Å². The van der Waals surface area contributed by atoms with Crippen LogP contribution < -0.4 is 9.47 Å². The van der Waals surface area contributed by atoms with Gasteiger partial charge in [-0.05, 0) is 12.1 Å². The second-order valence-corrected chi connectivity index (χ2v) is 3.22. The Morgan fingerprint density at radius 3 is 1.56 bits per heavy atom. The standard InChI is InChI=1S/C12H14O4/c1-15-11-7-10(4-6-14)12(16-2)8-9(11)3-5-13/h5-8H,3-4H2,1-2H3. The first-order valence-electron chi connectivity index (χ1n) is 4.87. The monoisotopic (exact) mass is 222 g/mol. The minimum absolute atomic E-state index is 0.265. The first-order chi connectivity index (χ1) is 7.76. The topological polar surface area (TPSA) is 52.6 Å². The van der Waals surface area contributed by atoms with Gasteiger partial charge in [0.1, 0.15) is 24.1 Å². The molecule has 1 aromatic carbocycles. The van der Waals surface area contributed by atoms with Gasteiger partial charge in [-0.1, -0.05) is 0 Å². The molecule has 16 heavy (non-hydrogen) atoms. The third kappa shape index (κ3) is 2.59. The summed E-state index contributed by atoms with van der Waals surface area (Å²) in [5, 5.41) is 0. The molecule has 0 saturated carbocycles. The normalized spacial score (nSPS) is 9.62. The highest BCUT2D eigenvalue weighted by Crippen LogP contribution is 2.29. The van der Waals surface area contributed by atoms with E-state index in [1.165, 1.54) is 14.2 Å². The van der Waals surface area contributed by atoms with Crippen LogP contribution in [0.4, 0.5) is 0 Å². The number of carbonyl (C=O) groups is 2. The van der Waals surface area contributed by atoms with Crippen LogP contribution in [0.3, 0.4) is 0 Å². The molecule has 86 valence electrons. The van der Waals surface area contributed by atoms with Crippen molar-refractivity contribution in [3.05, 3.63) is 23.3 Å². The maximum Gasteiger partial charge on any atom is 0.124 e. The SMILES string of the molecule is COc1cc(CC=O)c(OC)cc1CC=O. The first-order valence-corrected chi connectivity index (χ1v) is 4.87. The summed E-state index contributed by atoms with van der Waals surface area (Å²) < 4.78 is 10.3. The van der Waals surface area contributed by atoms with Gasteiger partial charge in [-0.15, -0.1) is 0 Å². The van der Waals surface area contributed by atoms with Crippen molar-refractivity contribution in [2.75, 3.05) is 14.2 Å². The van der Waals surface area contributed by atoms with Gasteiger partial charge >= 0.3 is 0 Å². The van der Waals surface area contributed by atoms with Crippen molar-refractivity contribution in [3.8, 4) is 11.5 Å². The highest BCUT2D eigenvalue weighted by atomic mass is 16.5. The van der Waals surface area contributed by atoms with E-state index in [1.54, 1.807) is 12.1 Å². The van der Waals surface area contributed by atoms with Crippen molar-refractivity contribution in [3.63, 3.8) is 0 Å². The van der Waals surface area contributed by atoms with E-state index in [0.717, 1.165) is 23.7 Å². The molecule has 0 aromatic heterocycles. The molecular weight excluding hydrogens is 208 g/mol. The van der Waals surface area contributed by atoms with Crippen LogP contribution in [0.15, 0.2) is 12.1 Å². The number of hydrogen-bond donors (Lipinski definition) is 0. The third-order valence-electron chi connectivity index (χ3n) is 2.29. The maximum absolute atomic E-state index is 10.5. The molecular formula is C12H14O4. The molecule has 0 N–H and O–H groups in total. The van der Waals surface area contributed by atoms with Gasteiger partial charge in [0.15, 0.2) is 0 Å². The van der Waals surface area contributed by atoms with E-state index >= 15 is 0 Å². The van der Waals surface area contributed by atoms with Crippen LogP contribution >= 0.6 is 0 Å². The Balaban J connectivity index is 3.21. The molecule has 4 heteroatoms. The number of ether oxygens (including phenoxy) is 2. The molecule has 4 nitrogen and oxygen atoms in total. The molecule has 0 saturated heterocycles. The Hall–Kier alpha value is -1.84. The Morgan fingerprint density at radius 1 is 0.938 bits per heavy atom. The number of benzene rings is 1. The summed E-state index contributed by atoms with van der Waals surface area (Å²) in [5.74, 6) is 1.20. The molecule has 0 heterocycles. The average molecular weight is 222 g/mol. The van der Waals surface area contributed by atoms with Crippen molar-refractivity contribution in [2.45, 2.75) is 12.8 Å². The van der Waals surface area contributed by atoms with Gasteiger partial charge in [0.2, 0.25) is 0 Å². The predicted molar refractivity (Wildman–Crippen MR) is 59.1 cm³/mol. The lowest BCUT2D eigenvalue weighted by Gasteiger charge is -2.12. The van der Waals surface area contributed by atoms with Crippen LogP contribution in [0.1, 0.15) is 11.1 Å². The van der Waals surface area contributed by atoms with Crippen LogP contribution in [0, 0.1) is 0 Å². The van der Waals surface area contributed by atoms with E-state index in [2.05, 4.69) is 0 Å². The Labute approximate surface area is 94.2 Å². The van der Waals surface area contributed by atoms with E-state index in [9.17, 15) is 9.59 Å². The van der Waals surface area contributed by atoms with Crippen molar-refractivity contribution in [2.24, 2.45) is 0 Å². The maximum atomic E-state index is 10.5. The van der Waals surface area contributed by atoms with Gasteiger partial charge in [-0.25, -0.2) is 0 Å². The molecule has 0 unspecified atom stereocenters. The van der Waals surface area contributed by atoms with E-state index in [1.807, 2.05) is 0 Å². The lowest BCUT2D eigenvalue weighted by Crippen LogP contribution is -1.99. The smallest absolute Gasteiger partial charge is 0.124 e. The molecule has 0 atom stereocenters. The second-order valence-electron chi connectivity index (χ2n) is 3.22. The zero-order valence-corrected chi connectivity index (χ0v) is 9.36. The van der Waals surface area contributed by atoms with Crippen molar-refractivity contribution < 1.29 is 19.1 Å². The molecule has 0 radical (unpaired) electrons. The summed E-state index contributed by atoms with van der Waals surface area (Å²) >= 11 is 0. The Morgan fingerprint density at radius 2 is 1.31 bits per heavy atom. The molecule has 1 aromatic rings.